The zero-order chi connectivity index (χ0) is 21.6. The Bertz CT molecular complexity index is 515. The third-order valence-corrected chi connectivity index (χ3v) is 4.34. The summed E-state index contributed by atoms with van der Waals surface area (Å²) in [6.45, 7) is 8.42. The SMILES string of the molecule is CCCCOC(=O)C(OCCCC)N1C(=O)N(OC(C)=O)CCC1OCCCC. The molecule has 1 fully saturated rings. The number of rotatable bonds is 14. The van der Waals surface area contributed by atoms with Gasteiger partial charge in [-0.2, -0.15) is 5.06 Å². The fourth-order valence-corrected chi connectivity index (χ4v) is 2.72. The zero-order valence-electron chi connectivity index (χ0n) is 18.2. The van der Waals surface area contributed by atoms with Gasteiger partial charge in [0.15, 0.2) is 0 Å². The highest BCUT2D eigenvalue weighted by Crippen LogP contribution is 2.23. The smallest absolute Gasteiger partial charge is 0.357 e. The molecule has 0 saturated carbocycles. The summed E-state index contributed by atoms with van der Waals surface area (Å²) in [6.07, 6.45) is 3.43. The molecule has 168 valence electrons. The Kier molecular flexibility index (Phi) is 12.3. The van der Waals surface area contributed by atoms with E-state index in [4.69, 9.17) is 19.0 Å². The average molecular weight is 417 g/mol. The van der Waals surface area contributed by atoms with E-state index in [1.54, 1.807) is 0 Å². The summed E-state index contributed by atoms with van der Waals surface area (Å²) in [6, 6.07) is -0.651. The predicted molar refractivity (Wildman–Crippen MR) is 105 cm³/mol. The molecule has 0 aliphatic carbocycles. The standard InChI is InChI=1S/C20H36N2O7/c1-5-8-13-26-17-11-12-21(29-16(4)23)20(25)22(17)18(27-14-9-6-2)19(24)28-15-10-7-3/h17-18H,5-15H2,1-4H3. The molecule has 0 aromatic carbocycles. The molecule has 2 atom stereocenters. The first kappa shape index (κ1) is 25.2. The third kappa shape index (κ3) is 8.57. The summed E-state index contributed by atoms with van der Waals surface area (Å²) in [4.78, 5) is 43.3. The fraction of sp³-hybridized carbons (Fsp3) is 0.850. The van der Waals surface area contributed by atoms with E-state index in [2.05, 4.69) is 0 Å². The fourth-order valence-electron chi connectivity index (χ4n) is 2.72. The number of carbonyl (C=O) groups excluding carboxylic acids is 3. The first-order valence-corrected chi connectivity index (χ1v) is 10.6. The van der Waals surface area contributed by atoms with Gasteiger partial charge in [0.05, 0.1) is 13.2 Å². The van der Waals surface area contributed by atoms with Crippen LogP contribution in [0.5, 0.6) is 0 Å². The maximum absolute atomic E-state index is 13.0. The predicted octanol–water partition coefficient (Wildman–Crippen LogP) is 3.22. The van der Waals surface area contributed by atoms with Crippen LogP contribution in [0.3, 0.4) is 0 Å². The van der Waals surface area contributed by atoms with Crippen LogP contribution < -0.4 is 0 Å². The third-order valence-electron chi connectivity index (χ3n) is 4.34. The van der Waals surface area contributed by atoms with Gasteiger partial charge in [0, 0.05) is 26.6 Å². The van der Waals surface area contributed by atoms with E-state index >= 15 is 0 Å². The molecular formula is C20H36N2O7. The second kappa shape index (κ2) is 14.2. The molecule has 0 aromatic rings. The van der Waals surface area contributed by atoms with E-state index in [1.165, 1.54) is 11.8 Å². The Morgan fingerprint density at radius 1 is 1.03 bits per heavy atom. The molecule has 29 heavy (non-hydrogen) atoms. The zero-order valence-corrected chi connectivity index (χ0v) is 18.2. The number of hydroxylamine groups is 2. The van der Waals surface area contributed by atoms with Crippen molar-refractivity contribution in [3.05, 3.63) is 0 Å². The van der Waals surface area contributed by atoms with Gasteiger partial charge in [-0.05, 0) is 19.3 Å². The molecule has 0 N–H and O–H groups in total. The van der Waals surface area contributed by atoms with Gasteiger partial charge >= 0.3 is 18.0 Å². The first-order chi connectivity index (χ1) is 14.0. The van der Waals surface area contributed by atoms with E-state index < -0.39 is 30.4 Å². The Morgan fingerprint density at radius 2 is 1.66 bits per heavy atom. The van der Waals surface area contributed by atoms with Crippen LogP contribution in [0.2, 0.25) is 0 Å². The van der Waals surface area contributed by atoms with Crippen LogP contribution in [0, 0.1) is 0 Å². The number of hydrogen-bond acceptors (Lipinski definition) is 7. The minimum atomic E-state index is -1.25. The van der Waals surface area contributed by atoms with Gasteiger partial charge < -0.3 is 19.0 Å². The second-order valence-electron chi connectivity index (χ2n) is 6.94. The van der Waals surface area contributed by atoms with Gasteiger partial charge in [0.2, 0.25) is 6.23 Å². The highest BCUT2D eigenvalue weighted by Gasteiger charge is 2.44. The summed E-state index contributed by atoms with van der Waals surface area (Å²) in [5.41, 5.74) is 0. The highest BCUT2D eigenvalue weighted by molar-refractivity contribution is 5.83. The van der Waals surface area contributed by atoms with Gasteiger partial charge in [-0.1, -0.05) is 40.0 Å². The average Bonchev–Trinajstić information content (AvgIpc) is 2.68. The minimum absolute atomic E-state index is 0.179. The van der Waals surface area contributed by atoms with Crippen LogP contribution in [-0.2, 0) is 28.6 Å². The molecule has 0 spiro atoms. The summed E-state index contributed by atoms with van der Waals surface area (Å²) in [5.74, 6) is -1.26. The lowest BCUT2D eigenvalue weighted by molar-refractivity contribution is -0.213. The number of nitrogens with zero attached hydrogens (tertiary/aromatic N) is 2. The Balaban J connectivity index is 3.03. The lowest BCUT2D eigenvalue weighted by atomic mass is 10.2. The van der Waals surface area contributed by atoms with E-state index in [0.29, 0.717) is 19.6 Å². The maximum Gasteiger partial charge on any atom is 0.357 e. The molecule has 2 amide bonds. The molecule has 1 rings (SSSR count). The molecule has 1 saturated heterocycles. The van der Waals surface area contributed by atoms with Gasteiger partial charge in [-0.15, -0.1) is 0 Å². The Hall–Kier alpha value is -1.87. The van der Waals surface area contributed by atoms with Crippen molar-refractivity contribution >= 4 is 18.0 Å². The number of esters is 1. The van der Waals surface area contributed by atoms with Crippen LogP contribution >= 0.6 is 0 Å². The Morgan fingerprint density at radius 3 is 2.28 bits per heavy atom. The molecule has 1 aliphatic rings. The maximum atomic E-state index is 13.0. The molecule has 2 unspecified atom stereocenters. The number of carbonyl (C=O) groups is 3. The number of ether oxygens (including phenoxy) is 3. The van der Waals surface area contributed by atoms with E-state index in [-0.39, 0.29) is 13.2 Å². The summed E-state index contributed by atoms with van der Waals surface area (Å²) < 4.78 is 17.0. The first-order valence-electron chi connectivity index (χ1n) is 10.6. The normalized spacial score (nSPS) is 17.9. The van der Waals surface area contributed by atoms with Crippen molar-refractivity contribution in [2.75, 3.05) is 26.4 Å². The van der Waals surface area contributed by atoms with Crippen molar-refractivity contribution in [3.63, 3.8) is 0 Å². The van der Waals surface area contributed by atoms with Crippen LogP contribution in [0.15, 0.2) is 0 Å². The van der Waals surface area contributed by atoms with E-state index in [1.807, 2.05) is 20.8 Å². The molecule has 9 nitrogen and oxygen atoms in total. The van der Waals surface area contributed by atoms with Crippen LogP contribution in [0.25, 0.3) is 0 Å². The van der Waals surface area contributed by atoms with E-state index in [9.17, 15) is 14.4 Å². The minimum Gasteiger partial charge on any atom is -0.462 e. The van der Waals surface area contributed by atoms with Gasteiger partial charge in [-0.3, -0.25) is 9.69 Å². The number of unbranched alkanes of at least 4 members (excludes halogenated alkanes) is 3. The summed E-state index contributed by atoms with van der Waals surface area (Å²) in [5, 5.41) is 0.942. The molecule has 1 aliphatic heterocycles. The molecule has 0 aromatic heterocycles. The monoisotopic (exact) mass is 416 g/mol. The molecular weight excluding hydrogens is 380 g/mol. The molecule has 0 bridgehead atoms. The number of urea groups is 1. The number of hydrogen-bond donors (Lipinski definition) is 0. The van der Waals surface area contributed by atoms with E-state index in [0.717, 1.165) is 43.6 Å². The van der Waals surface area contributed by atoms with Gasteiger partial charge in [0.1, 0.15) is 6.23 Å². The number of amides is 2. The van der Waals surface area contributed by atoms with Gasteiger partial charge in [0.25, 0.3) is 0 Å². The van der Waals surface area contributed by atoms with Crippen molar-refractivity contribution in [2.24, 2.45) is 0 Å². The van der Waals surface area contributed by atoms with Gasteiger partial charge in [-0.25, -0.2) is 9.59 Å². The summed E-state index contributed by atoms with van der Waals surface area (Å²) >= 11 is 0. The lowest BCUT2D eigenvalue weighted by Gasteiger charge is -2.42. The van der Waals surface area contributed by atoms with Crippen LogP contribution in [0.1, 0.15) is 72.6 Å². The van der Waals surface area contributed by atoms with Crippen LogP contribution in [-0.4, -0.2) is 66.8 Å². The van der Waals surface area contributed by atoms with Crippen molar-refractivity contribution < 1.29 is 33.4 Å². The molecule has 0 radical (unpaired) electrons. The quantitative estimate of drug-likeness (QED) is 0.317. The summed E-state index contributed by atoms with van der Waals surface area (Å²) in [7, 11) is 0. The topological polar surface area (TPSA) is 94.6 Å². The van der Waals surface area contributed by atoms with Crippen molar-refractivity contribution in [1.29, 1.82) is 0 Å². The molecule has 1 heterocycles. The molecule has 9 heteroatoms. The highest BCUT2D eigenvalue weighted by atomic mass is 16.7. The largest absolute Gasteiger partial charge is 0.462 e. The van der Waals surface area contributed by atoms with Crippen LogP contribution in [0.4, 0.5) is 4.79 Å². The lowest BCUT2D eigenvalue weighted by Crippen LogP contribution is -2.61. The Labute approximate surface area is 173 Å². The van der Waals surface area contributed by atoms with Crippen molar-refractivity contribution in [1.82, 2.24) is 9.96 Å². The second-order valence-corrected chi connectivity index (χ2v) is 6.94. The van der Waals surface area contributed by atoms with Crippen molar-refractivity contribution in [3.8, 4) is 0 Å². The van der Waals surface area contributed by atoms with Crippen molar-refractivity contribution in [2.45, 2.75) is 85.1 Å².